The summed E-state index contributed by atoms with van der Waals surface area (Å²) in [7, 11) is 0. The number of hydrogen-bond donors (Lipinski definition) is 1. The molecule has 102 valence electrons. The van der Waals surface area contributed by atoms with Crippen LogP contribution in [0.2, 0.25) is 0 Å². The van der Waals surface area contributed by atoms with Crippen molar-refractivity contribution in [3.8, 4) is 11.4 Å². The number of benzene rings is 1. The largest absolute Gasteiger partial charge is 0.392 e. The molecule has 0 aliphatic heterocycles. The van der Waals surface area contributed by atoms with Gasteiger partial charge in [0.1, 0.15) is 5.82 Å². The third-order valence-corrected chi connectivity index (χ3v) is 2.95. The Bertz CT molecular complexity index is 561. The molecule has 5 heteroatoms. The van der Waals surface area contributed by atoms with Gasteiger partial charge in [-0.1, -0.05) is 38.1 Å². The molecule has 2 rings (SSSR count). The molecule has 4 nitrogen and oxygen atoms in total. The Morgan fingerprint density at radius 2 is 2.00 bits per heavy atom. The Morgan fingerprint density at radius 1 is 1.32 bits per heavy atom. The molecule has 0 bridgehead atoms. The fourth-order valence-corrected chi connectivity index (χ4v) is 1.56. The first-order chi connectivity index (χ1) is 8.88. The van der Waals surface area contributed by atoms with Gasteiger partial charge in [-0.2, -0.15) is 4.98 Å². The molecule has 0 spiro atoms. The van der Waals surface area contributed by atoms with Gasteiger partial charge < -0.3 is 9.63 Å². The molecule has 1 heterocycles. The van der Waals surface area contributed by atoms with E-state index in [1.165, 1.54) is 6.07 Å². The van der Waals surface area contributed by atoms with E-state index in [1.807, 2.05) is 20.8 Å². The first-order valence-electron chi connectivity index (χ1n) is 6.13. The van der Waals surface area contributed by atoms with Gasteiger partial charge in [-0.15, -0.1) is 0 Å². The van der Waals surface area contributed by atoms with Gasteiger partial charge in [0.15, 0.2) is 0 Å². The third kappa shape index (κ3) is 3.17. The van der Waals surface area contributed by atoms with Gasteiger partial charge in [-0.25, -0.2) is 4.39 Å². The van der Waals surface area contributed by atoms with Crippen molar-refractivity contribution in [3.05, 3.63) is 36.0 Å². The van der Waals surface area contributed by atoms with E-state index in [9.17, 15) is 9.50 Å². The van der Waals surface area contributed by atoms with Crippen LogP contribution >= 0.6 is 0 Å². The molecule has 19 heavy (non-hydrogen) atoms. The SMILES string of the molecule is CC(C)(C)C(O)Cc1nc(-c2ccccc2F)no1. The lowest BCUT2D eigenvalue weighted by Gasteiger charge is -2.24. The van der Waals surface area contributed by atoms with Gasteiger partial charge in [0.05, 0.1) is 18.1 Å². The normalized spacial score (nSPS) is 13.5. The smallest absolute Gasteiger partial charge is 0.229 e. The second kappa shape index (κ2) is 5.09. The molecule has 1 N–H and O–H groups in total. The van der Waals surface area contributed by atoms with Gasteiger partial charge in [0.25, 0.3) is 0 Å². The maximum atomic E-state index is 13.6. The zero-order chi connectivity index (χ0) is 14.0. The minimum absolute atomic E-state index is 0.203. The molecular weight excluding hydrogens is 247 g/mol. The molecule has 0 radical (unpaired) electrons. The van der Waals surface area contributed by atoms with Crippen molar-refractivity contribution in [2.24, 2.45) is 5.41 Å². The van der Waals surface area contributed by atoms with Gasteiger partial charge in [-0.3, -0.25) is 0 Å². The number of halogens is 1. The average molecular weight is 264 g/mol. The van der Waals surface area contributed by atoms with Crippen LogP contribution in [0, 0.1) is 11.2 Å². The van der Waals surface area contributed by atoms with Crippen LogP contribution in [0.4, 0.5) is 4.39 Å². The second-order valence-corrected chi connectivity index (χ2v) is 5.58. The molecule has 0 aliphatic carbocycles. The lowest BCUT2D eigenvalue weighted by atomic mass is 9.87. The number of aliphatic hydroxyl groups is 1. The summed E-state index contributed by atoms with van der Waals surface area (Å²) in [6, 6.07) is 6.24. The highest BCUT2D eigenvalue weighted by atomic mass is 19.1. The number of hydrogen-bond acceptors (Lipinski definition) is 4. The summed E-state index contributed by atoms with van der Waals surface area (Å²) in [6.07, 6.45) is -0.341. The van der Waals surface area contributed by atoms with Crippen molar-refractivity contribution in [1.29, 1.82) is 0 Å². The van der Waals surface area contributed by atoms with Crippen molar-refractivity contribution in [2.45, 2.75) is 33.3 Å². The molecule has 0 amide bonds. The second-order valence-electron chi connectivity index (χ2n) is 5.58. The summed E-state index contributed by atoms with van der Waals surface area (Å²) in [5.74, 6) is 0.112. The summed E-state index contributed by atoms with van der Waals surface area (Å²) >= 11 is 0. The Labute approximate surface area is 111 Å². The summed E-state index contributed by atoms with van der Waals surface area (Å²) in [6.45, 7) is 5.77. The minimum atomic E-state index is -0.596. The van der Waals surface area contributed by atoms with Crippen molar-refractivity contribution in [2.75, 3.05) is 0 Å². The maximum Gasteiger partial charge on any atom is 0.229 e. The highest BCUT2D eigenvalue weighted by molar-refractivity contribution is 5.54. The van der Waals surface area contributed by atoms with E-state index in [4.69, 9.17) is 4.52 Å². The van der Waals surface area contributed by atoms with E-state index in [-0.39, 0.29) is 17.7 Å². The van der Waals surface area contributed by atoms with E-state index >= 15 is 0 Å². The standard InChI is InChI=1S/C14H17FN2O2/c1-14(2,3)11(18)8-12-16-13(17-19-12)9-6-4-5-7-10(9)15/h4-7,11,18H,8H2,1-3H3. The highest BCUT2D eigenvalue weighted by Gasteiger charge is 2.25. The lowest BCUT2D eigenvalue weighted by Crippen LogP contribution is -2.28. The van der Waals surface area contributed by atoms with Gasteiger partial charge >= 0.3 is 0 Å². The molecule has 1 aromatic heterocycles. The summed E-state index contributed by atoms with van der Waals surface area (Å²) < 4.78 is 18.6. The van der Waals surface area contributed by atoms with Crippen LogP contribution in [0.5, 0.6) is 0 Å². The van der Waals surface area contributed by atoms with Gasteiger partial charge in [-0.05, 0) is 17.5 Å². The number of aromatic nitrogens is 2. The lowest BCUT2D eigenvalue weighted by molar-refractivity contribution is 0.0565. The van der Waals surface area contributed by atoms with E-state index < -0.39 is 11.9 Å². The summed E-state index contributed by atoms with van der Waals surface area (Å²) in [4.78, 5) is 4.12. The fourth-order valence-electron chi connectivity index (χ4n) is 1.56. The molecule has 0 saturated carbocycles. The molecule has 0 aliphatic rings. The summed E-state index contributed by atoms with van der Waals surface area (Å²) in [5, 5.41) is 13.7. The predicted octanol–water partition coefficient (Wildman–Crippen LogP) is 2.83. The molecule has 1 atom stereocenters. The van der Waals surface area contributed by atoms with E-state index in [2.05, 4.69) is 10.1 Å². The number of aliphatic hydroxyl groups excluding tert-OH is 1. The zero-order valence-electron chi connectivity index (χ0n) is 11.2. The predicted molar refractivity (Wildman–Crippen MR) is 68.9 cm³/mol. The first kappa shape index (κ1) is 13.7. The van der Waals surface area contributed by atoms with E-state index in [0.29, 0.717) is 11.5 Å². The fraction of sp³-hybridized carbons (Fsp3) is 0.429. The van der Waals surface area contributed by atoms with Crippen molar-refractivity contribution >= 4 is 0 Å². The molecule has 2 aromatic rings. The van der Waals surface area contributed by atoms with Crippen molar-refractivity contribution in [1.82, 2.24) is 10.1 Å². The topological polar surface area (TPSA) is 59.2 Å². The number of nitrogens with zero attached hydrogens (tertiary/aromatic N) is 2. The Hall–Kier alpha value is -1.75. The highest BCUT2D eigenvalue weighted by Crippen LogP contribution is 2.24. The van der Waals surface area contributed by atoms with Crippen LogP contribution < -0.4 is 0 Å². The first-order valence-corrected chi connectivity index (χ1v) is 6.13. The van der Waals surface area contributed by atoms with Crippen LogP contribution in [0.3, 0.4) is 0 Å². The maximum absolute atomic E-state index is 13.6. The number of rotatable bonds is 3. The molecule has 1 unspecified atom stereocenters. The minimum Gasteiger partial charge on any atom is -0.392 e. The van der Waals surface area contributed by atoms with Crippen molar-refractivity contribution < 1.29 is 14.0 Å². The molecule has 0 fully saturated rings. The molecular formula is C14H17FN2O2. The Balaban J connectivity index is 2.19. The van der Waals surface area contributed by atoms with Crippen LogP contribution in [-0.2, 0) is 6.42 Å². The molecule has 1 aromatic carbocycles. The zero-order valence-corrected chi connectivity index (χ0v) is 11.2. The Morgan fingerprint density at radius 3 is 2.63 bits per heavy atom. The third-order valence-electron chi connectivity index (χ3n) is 2.95. The quantitative estimate of drug-likeness (QED) is 0.926. The van der Waals surface area contributed by atoms with Crippen LogP contribution in [0.1, 0.15) is 26.7 Å². The summed E-state index contributed by atoms with van der Waals surface area (Å²) in [5.41, 5.74) is 0.0230. The van der Waals surface area contributed by atoms with E-state index in [0.717, 1.165) is 0 Å². The van der Waals surface area contributed by atoms with E-state index in [1.54, 1.807) is 18.2 Å². The monoisotopic (exact) mass is 264 g/mol. The van der Waals surface area contributed by atoms with Crippen LogP contribution in [-0.4, -0.2) is 21.4 Å². The van der Waals surface area contributed by atoms with Crippen LogP contribution in [0.15, 0.2) is 28.8 Å². The van der Waals surface area contributed by atoms with Crippen molar-refractivity contribution in [3.63, 3.8) is 0 Å². The molecule has 0 saturated heterocycles. The van der Waals surface area contributed by atoms with Gasteiger partial charge in [0, 0.05) is 0 Å². The van der Waals surface area contributed by atoms with Gasteiger partial charge in [0.2, 0.25) is 11.7 Å². The Kier molecular flexibility index (Phi) is 3.66. The van der Waals surface area contributed by atoms with Crippen LogP contribution in [0.25, 0.3) is 11.4 Å². The average Bonchev–Trinajstić information content (AvgIpc) is 2.76.